The average molecular weight is 339 g/mol. The van der Waals surface area contributed by atoms with Gasteiger partial charge in [0.05, 0.1) is 6.04 Å². The third-order valence-electron chi connectivity index (χ3n) is 4.43. The van der Waals surface area contributed by atoms with Crippen LogP contribution in [0, 0.1) is 12.3 Å². The first-order valence-electron chi connectivity index (χ1n) is 8.76. The van der Waals surface area contributed by atoms with Crippen molar-refractivity contribution in [2.24, 2.45) is 10.1 Å². The van der Waals surface area contributed by atoms with E-state index in [0.717, 1.165) is 49.0 Å². The molecule has 2 aliphatic heterocycles. The van der Waals surface area contributed by atoms with Gasteiger partial charge in [0.15, 0.2) is 0 Å². The average Bonchev–Trinajstić information content (AvgIpc) is 2.57. The van der Waals surface area contributed by atoms with Crippen LogP contribution in [0.1, 0.15) is 27.7 Å². The summed E-state index contributed by atoms with van der Waals surface area (Å²) >= 11 is 0. The van der Waals surface area contributed by atoms with Crippen LogP contribution in [0.15, 0.2) is 45.7 Å². The zero-order valence-electron chi connectivity index (χ0n) is 16.0. The van der Waals surface area contributed by atoms with Crippen molar-refractivity contribution in [1.29, 1.82) is 0 Å². The minimum absolute atomic E-state index is 0.123. The second-order valence-electron chi connectivity index (χ2n) is 6.75. The molecule has 2 rings (SSSR count). The second-order valence-corrected chi connectivity index (χ2v) is 6.75. The minimum Gasteiger partial charge on any atom is -0.338 e. The lowest BCUT2D eigenvalue weighted by Crippen LogP contribution is -2.54. The molecule has 0 aromatic heterocycles. The van der Waals surface area contributed by atoms with Gasteiger partial charge in [-0.1, -0.05) is 18.1 Å². The van der Waals surface area contributed by atoms with E-state index < -0.39 is 0 Å². The van der Waals surface area contributed by atoms with Crippen LogP contribution in [0.2, 0.25) is 0 Å². The van der Waals surface area contributed by atoms with Crippen LogP contribution in [0.4, 0.5) is 0 Å². The fourth-order valence-electron chi connectivity index (χ4n) is 2.95. The Kier molecular flexibility index (Phi) is 6.60. The Bertz CT molecular complexity index is 663. The second kappa shape index (κ2) is 8.68. The predicted octanol–water partition coefficient (Wildman–Crippen LogP) is 2.71. The summed E-state index contributed by atoms with van der Waals surface area (Å²) in [6, 6.07) is 0.123. The van der Waals surface area contributed by atoms with Gasteiger partial charge in [-0.3, -0.25) is 0 Å². The van der Waals surface area contributed by atoms with E-state index in [9.17, 15) is 0 Å². The maximum Gasteiger partial charge on any atom is 0.222 e. The molecule has 0 bridgehead atoms. The molecule has 2 heterocycles. The van der Waals surface area contributed by atoms with Gasteiger partial charge in [0.2, 0.25) is 5.96 Å². The van der Waals surface area contributed by atoms with Gasteiger partial charge in [0.25, 0.3) is 0 Å². The number of hydrazone groups is 1. The van der Waals surface area contributed by atoms with Gasteiger partial charge < -0.3 is 9.80 Å². The highest BCUT2D eigenvalue weighted by atomic mass is 15.6. The monoisotopic (exact) mass is 339 g/mol. The molecule has 0 spiro atoms. The van der Waals surface area contributed by atoms with E-state index in [0.29, 0.717) is 0 Å². The van der Waals surface area contributed by atoms with Gasteiger partial charge in [0.1, 0.15) is 0 Å². The van der Waals surface area contributed by atoms with Crippen molar-refractivity contribution >= 4 is 11.7 Å². The number of aliphatic imine (C=N–C) groups is 1. The van der Waals surface area contributed by atoms with Gasteiger partial charge in [-0.15, -0.1) is 6.42 Å². The molecule has 0 N–H and O–H groups in total. The molecule has 0 saturated carbocycles. The van der Waals surface area contributed by atoms with E-state index in [4.69, 9.17) is 16.5 Å². The van der Waals surface area contributed by atoms with Gasteiger partial charge in [-0.25, -0.2) is 10.0 Å². The van der Waals surface area contributed by atoms with Crippen molar-refractivity contribution < 1.29 is 0 Å². The quantitative estimate of drug-likeness (QED) is 0.450. The number of nitrogens with zero attached hydrogens (tertiary/aromatic N) is 5. The molecule has 0 radical (unpaired) electrons. The molecule has 0 amide bonds. The Hall–Kier alpha value is -2.32. The molecule has 5 nitrogen and oxygen atoms in total. The number of piperazine rings is 1. The highest BCUT2D eigenvalue weighted by molar-refractivity contribution is 5.86. The summed E-state index contributed by atoms with van der Waals surface area (Å²) in [5.41, 5.74) is 3.32. The summed E-state index contributed by atoms with van der Waals surface area (Å²) in [4.78, 5) is 9.44. The first kappa shape index (κ1) is 19.0. The number of allylic oxidation sites excluding steroid dienone is 3. The smallest absolute Gasteiger partial charge is 0.222 e. The summed E-state index contributed by atoms with van der Waals surface area (Å²) in [5, 5.41) is 6.82. The van der Waals surface area contributed by atoms with Crippen molar-refractivity contribution in [3.05, 3.63) is 35.6 Å². The maximum absolute atomic E-state index is 5.27. The molecule has 25 heavy (non-hydrogen) atoms. The number of hydrogen-bond donors (Lipinski definition) is 0. The summed E-state index contributed by atoms with van der Waals surface area (Å²) in [6.45, 7) is 12.3. The lowest BCUT2D eigenvalue weighted by Gasteiger charge is -2.41. The number of terminal acetylenes is 1. The standard InChI is InChI=1S/C20H29N5/c1-7-8-9-10-17(4)19-15-21-20(24-13-11-23(6)12-14-24)25(18(19)5)22-16(2)3/h1,8-10,15,18H,11-14H2,2-6H3/b9-8-,17-10+. The van der Waals surface area contributed by atoms with Crippen LogP contribution in [0.25, 0.3) is 0 Å². The van der Waals surface area contributed by atoms with E-state index in [2.05, 4.69) is 41.6 Å². The highest BCUT2D eigenvalue weighted by Gasteiger charge is 2.30. The summed E-state index contributed by atoms with van der Waals surface area (Å²) in [7, 11) is 2.16. The number of guanidine groups is 1. The van der Waals surface area contributed by atoms with Crippen molar-refractivity contribution in [3.63, 3.8) is 0 Å². The molecule has 1 saturated heterocycles. The van der Waals surface area contributed by atoms with Crippen LogP contribution in [0.5, 0.6) is 0 Å². The highest BCUT2D eigenvalue weighted by Crippen LogP contribution is 2.25. The third-order valence-corrected chi connectivity index (χ3v) is 4.43. The van der Waals surface area contributed by atoms with Crippen molar-refractivity contribution in [2.45, 2.75) is 33.7 Å². The van der Waals surface area contributed by atoms with Crippen LogP contribution in [-0.2, 0) is 0 Å². The lowest BCUT2D eigenvalue weighted by atomic mass is 10.00. The van der Waals surface area contributed by atoms with Gasteiger partial charge in [-0.2, -0.15) is 5.10 Å². The van der Waals surface area contributed by atoms with Crippen LogP contribution < -0.4 is 0 Å². The topological polar surface area (TPSA) is 34.4 Å². The van der Waals surface area contributed by atoms with Crippen LogP contribution in [0.3, 0.4) is 0 Å². The molecular formula is C20H29N5. The zero-order valence-corrected chi connectivity index (χ0v) is 16.0. The molecule has 1 atom stereocenters. The first-order valence-corrected chi connectivity index (χ1v) is 8.76. The Morgan fingerprint density at radius 2 is 1.96 bits per heavy atom. The predicted molar refractivity (Wildman–Crippen MR) is 106 cm³/mol. The van der Waals surface area contributed by atoms with Crippen LogP contribution >= 0.6 is 0 Å². The molecule has 1 fully saturated rings. The van der Waals surface area contributed by atoms with Gasteiger partial charge in [-0.05, 0) is 52.0 Å². The molecule has 0 aliphatic carbocycles. The van der Waals surface area contributed by atoms with E-state index in [1.165, 1.54) is 0 Å². The molecule has 0 aromatic carbocycles. The lowest BCUT2D eigenvalue weighted by molar-refractivity contribution is 0.190. The largest absolute Gasteiger partial charge is 0.338 e. The number of rotatable bonds is 3. The fraction of sp³-hybridized carbons (Fsp3) is 0.500. The van der Waals surface area contributed by atoms with E-state index in [1.54, 1.807) is 6.08 Å². The first-order chi connectivity index (χ1) is 11.9. The summed E-state index contributed by atoms with van der Waals surface area (Å²) in [6.07, 6.45) is 12.9. The summed E-state index contributed by atoms with van der Waals surface area (Å²) < 4.78 is 0. The van der Waals surface area contributed by atoms with Crippen molar-refractivity contribution in [2.75, 3.05) is 33.2 Å². The number of hydrogen-bond acceptors (Lipinski definition) is 5. The molecule has 134 valence electrons. The van der Waals surface area contributed by atoms with Gasteiger partial charge in [0, 0.05) is 38.1 Å². The van der Waals surface area contributed by atoms with Crippen molar-refractivity contribution in [3.8, 4) is 12.3 Å². The summed E-state index contributed by atoms with van der Waals surface area (Å²) in [5.74, 6) is 3.45. The minimum atomic E-state index is 0.123. The van der Waals surface area contributed by atoms with E-state index in [1.807, 2.05) is 32.2 Å². The molecule has 1 unspecified atom stereocenters. The van der Waals surface area contributed by atoms with Crippen molar-refractivity contribution in [1.82, 2.24) is 14.8 Å². The SMILES string of the molecule is C#C/C=C\C=C(/C)C1=CN=C(N2CCN(C)CC2)N(N=C(C)C)C1C. The van der Waals surface area contributed by atoms with Gasteiger partial charge >= 0.3 is 0 Å². The Labute approximate surface area is 152 Å². The molecule has 2 aliphatic rings. The Balaban J connectivity index is 2.33. The van der Waals surface area contributed by atoms with E-state index in [-0.39, 0.29) is 6.04 Å². The maximum atomic E-state index is 5.27. The fourth-order valence-corrected chi connectivity index (χ4v) is 2.95. The Morgan fingerprint density at radius 1 is 1.28 bits per heavy atom. The normalized spacial score (nSPS) is 22.6. The third kappa shape index (κ3) is 4.83. The number of likely N-dealkylation sites (N-methyl/N-ethyl adjacent to an activating group) is 1. The molecule has 0 aromatic rings. The Morgan fingerprint density at radius 3 is 2.56 bits per heavy atom. The molecular weight excluding hydrogens is 310 g/mol. The van der Waals surface area contributed by atoms with Crippen LogP contribution in [-0.4, -0.2) is 65.7 Å². The zero-order chi connectivity index (χ0) is 18.4. The molecule has 5 heteroatoms. The van der Waals surface area contributed by atoms with E-state index >= 15 is 0 Å².